The number of unbranched alkanes of at least 4 members (excludes halogenated alkanes) is 1. The number of rotatable bonds is 8. The number of hydrogen-bond donors (Lipinski definition) is 1. The smallest absolute Gasteiger partial charge is 0.126 e. The van der Waals surface area contributed by atoms with E-state index in [2.05, 4.69) is 101 Å². The molecule has 2 heterocycles. The van der Waals surface area contributed by atoms with Gasteiger partial charge in [-0.25, -0.2) is 4.98 Å². The Morgan fingerprint density at radius 1 is 1.00 bits per heavy atom. The van der Waals surface area contributed by atoms with Crippen molar-refractivity contribution in [2.24, 2.45) is 5.92 Å². The molecule has 1 aromatic carbocycles. The summed E-state index contributed by atoms with van der Waals surface area (Å²) in [6.45, 7) is 11.6. The Morgan fingerprint density at radius 2 is 1.81 bits per heavy atom. The van der Waals surface area contributed by atoms with Crippen molar-refractivity contribution in [2.45, 2.75) is 32.2 Å². The Morgan fingerprint density at radius 3 is 2.58 bits per heavy atom. The molecule has 4 nitrogen and oxygen atoms in total. The quantitative estimate of drug-likeness (QED) is 0.608. The zero-order valence-electron chi connectivity index (χ0n) is 19.0. The Labute approximate surface area is 187 Å². The van der Waals surface area contributed by atoms with E-state index in [1.54, 1.807) is 0 Å². The summed E-state index contributed by atoms with van der Waals surface area (Å²) in [7, 11) is 0. The second-order valence-electron chi connectivity index (χ2n) is 9.02. The number of piperazine rings is 1. The van der Waals surface area contributed by atoms with Crippen molar-refractivity contribution >= 4 is 5.82 Å². The van der Waals surface area contributed by atoms with Gasteiger partial charge in [0.15, 0.2) is 0 Å². The van der Waals surface area contributed by atoms with Crippen molar-refractivity contribution in [3.8, 4) is 11.1 Å². The molecule has 1 saturated heterocycles. The molecule has 2 atom stereocenters. The Kier molecular flexibility index (Phi) is 7.21. The van der Waals surface area contributed by atoms with Crippen molar-refractivity contribution in [1.29, 1.82) is 0 Å². The van der Waals surface area contributed by atoms with Crippen LogP contribution in [0.3, 0.4) is 0 Å². The molecule has 1 fully saturated rings. The number of nitrogens with zero attached hydrogens (tertiary/aromatic N) is 3. The zero-order valence-corrected chi connectivity index (χ0v) is 19.0. The molecule has 1 aliphatic heterocycles. The molecule has 31 heavy (non-hydrogen) atoms. The zero-order chi connectivity index (χ0) is 21.5. The molecule has 164 valence electrons. The summed E-state index contributed by atoms with van der Waals surface area (Å²) in [5.41, 5.74) is 2.61. The van der Waals surface area contributed by atoms with Crippen LogP contribution in [0.1, 0.15) is 26.7 Å². The molecule has 0 bridgehead atoms. The Bertz CT molecular complexity index is 883. The summed E-state index contributed by atoms with van der Waals surface area (Å²) in [5, 5.41) is 3.50. The van der Waals surface area contributed by atoms with E-state index in [1.807, 2.05) is 6.20 Å². The van der Waals surface area contributed by atoms with Crippen LogP contribution in [0.2, 0.25) is 0 Å². The maximum absolute atomic E-state index is 4.48. The fraction of sp³-hybridized carbons (Fsp3) is 0.444. The van der Waals surface area contributed by atoms with Gasteiger partial charge in [-0.1, -0.05) is 61.6 Å². The summed E-state index contributed by atoms with van der Waals surface area (Å²) < 4.78 is 0. The average molecular weight is 417 g/mol. The van der Waals surface area contributed by atoms with Crippen LogP contribution in [0, 0.1) is 5.92 Å². The predicted octanol–water partition coefficient (Wildman–Crippen LogP) is 5.08. The van der Waals surface area contributed by atoms with Crippen LogP contribution >= 0.6 is 0 Å². The van der Waals surface area contributed by atoms with Gasteiger partial charge in [-0.3, -0.25) is 4.90 Å². The van der Waals surface area contributed by atoms with Crippen molar-refractivity contribution in [1.82, 2.24) is 14.8 Å². The van der Waals surface area contributed by atoms with Gasteiger partial charge in [-0.15, -0.1) is 0 Å². The van der Waals surface area contributed by atoms with Gasteiger partial charge in [0.1, 0.15) is 5.82 Å². The number of benzene rings is 1. The maximum Gasteiger partial charge on any atom is 0.126 e. The van der Waals surface area contributed by atoms with E-state index >= 15 is 0 Å². The maximum atomic E-state index is 4.48. The molecule has 1 aliphatic carbocycles. The first kappa shape index (κ1) is 21.8. The van der Waals surface area contributed by atoms with E-state index in [9.17, 15) is 0 Å². The number of allylic oxidation sites excluding steroid dienone is 2. The van der Waals surface area contributed by atoms with Gasteiger partial charge in [-0.05, 0) is 55.5 Å². The van der Waals surface area contributed by atoms with Gasteiger partial charge in [-0.2, -0.15) is 0 Å². The largest absolute Gasteiger partial charge is 0.370 e. The average Bonchev–Trinajstić information content (AvgIpc) is 2.82. The van der Waals surface area contributed by atoms with Crippen LogP contribution in [0.25, 0.3) is 11.1 Å². The molecule has 0 saturated carbocycles. The van der Waals surface area contributed by atoms with E-state index < -0.39 is 0 Å². The molecule has 4 rings (SSSR count). The first-order valence-corrected chi connectivity index (χ1v) is 11.7. The van der Waals surface area contributed by atoms with Crippen LogP contribution in [-0.4, -0.2) is 59.6 Å². The van der Waals surface area contributed by atoms with Gasteiger partial charge in [0.2, 0.25) is 0 Å². The van der Waals surface area contributed by atoms with E-state index in [1.165, 1.54) is 43.6 Å². The molecule has 2 unspecified atom stereocenters. The molecule has 1 aromatic heterocycles. The third-order valence-corrected chi connectivity index (χ3v) is 6.99. The monoisotopic (exact) mass is 416 g/mol. The van der Waals surface area contributed by atoms with Crippen LogP contribution in [0.5, 0.6) is 0 Å². The molecule has 0 spiro atoms. The number of nitrogens with one attached hydrogen (secondary N) is 1. The van der Waals surface area contributed by atoms with E-state index in [-0.39, 0.29) is 5.54 Å². The summed E-state index contributed by atoms with van der Waals surface area (Å²) in [6.07, 6.45) is 13.4. The van der Waals surface area contributed by atoms with Gasteiger partial charge in [0.25, 0.3) is 0 Å². The van der Waals surface area contributed by atoms with Gasteiger partial charge >= 0.3 is 0 Å². The Balaban J connectivity index is 1.16. The molecule has 0 amide bonds. The minimum Gasteiger partial charge on any atom is -0.370 e. The van der Waals surface area contributed by atoms with E-state index in [0.717, 1.165) is 25.5 Å². The lowest BCUT2D eigenvalue weighted by atomic mass is 9.81. The summed E-state index contributed by atoms with van der Waals surface area (Å²) in [4.78, 5) is 9.77. The molecule has 4 heteroatoms. The highest BCUT2D eigenvalue weighted by atomic mass is 15.3. The molecule has 2 aliphatic rings. The van der Waals surface area contributed by atoms with Gasteiger partial charge in [0.05, 0.1) is 0 Å². The number of pyridine rings is 1. The standard InChI is InChI=1S/C27H36N4/c1-23-10-6-7-14-27(23,2)31-20-18-30(19-21-31)17-9-8-15-28-26-22-25(13-16-29-26)24-11-4-3-5-12-24/h3-7,10-14,16,22-23H,8-9,15,17-21H2,1-2H3,(H,28,29). The molecular weight excluding hydrogens is 380 g/mol. The number of hydrogen-bond acceptors (Lipinski definition) is 4. The highest BCUT2D eigenvalue weighted by molar-refractivity contribution is 5.66. The van der Waals surface area contributed by atoms with Gasteiger partial charge < -0.3 is 10.2 Å². The molecule has 0 radical (unpaired) electrons. The summed E-state index contributed by atoms with van der Waals surface area (Å²) >= 11 is 0. The second-order valence-corrected chi connectivity index (χ2v) is 9.02. The van der Waals surface area contributed by atoms with Crippen LogP contribution < -0.4 is 5.32 Å². The summed E-state index contributed by atoms with van der Waals surface area (Å²) in [5.74, 6) is 1.54. The molecule has 2 aromatic rings. The van der Waals surface area contributed by atoms with Crippen LogP contribution in [-0.2, 0) is 0 Å². The second kappa shape index (κ2) is 10.3. The summed E-state index contributed by atoms with van der Waals surface area (Å²) in [6, 6.07) is 14.7. The minimum absolute atomic E-state index is 0.173. The van der Waals surface area contributed by atoms with E-state index in [0.29, 0.717) is 5.92 Å². The lowest BCUT2D eigenvalue weighted by Crippen LogP contribution is -2.57. The SMILES string of the molecule is CC1C=CC=CC1(C)N1CCN(CCCCNc2cc(-c3ccccc3)ccn2)CC1. The predicted molar refractivity (Wildman–Crippen MR) is 131 cm³/mol. The molecule has 1 N–H and O–H groups in total. The topological polar surface area (TPSA) is 31.4 Å². The minimum atomic E-state index is 0.173. The highest BCUT2D eigenvalue weighted by Gasteiger charge is 2.36. The van der Waals surface area contributed by atoms with Crippen LogP contribution in [0.15, 0.2) is 73.0 Å². The van der Waals surface area contributed by atoms with Gasteiger partial charge in [0, 0.05) is 44.5 Å². The number of aromatic nitrogens is 1. The fourth-order valence-electron chi connectivity index (χ4n) is 4.69. The van der Waals surface area contributed by atoms with Crippen molar-refractivity contribution in [3.05, 3.63) is 73.0 Å². The van der Waals surface area contributed by atoms with Crippen LogP contribution in [0.4, 0.5) is 5.82 Å². The normalized spacial score (nSPS) is 24.4. The molecular formula is C27H36N4. The van der Waals surface area contributed by atoms with Crippen molar-refractivity contribution in [2.75, 3.05) is 44.6 Å². The van der Waals surface area contributed by atoms with E-state index in [4.69, 9.17) is 0 Å². The Hall–Kier alpha value is -2.43. The first-order chi connectivity index (χ1) is 15.1. The lowest BCUT2D eigenvalue weighted by molar-refractivity contribution is 0.0482. The number of anilines is 1. The first-order valence-electron chi connectivity index (χ1n) is 11.7. The van der Waals surface area contributed by atoms with Crippen molar-refractivity contribution < 1.29 is 0 Å². The highest BCUT2D eigenvalue weighted by Crippen LogP contribution is 2.31. The third kappa shape index (κ3) is 5.44. The lowest BCUT2D eigenvalue weighted by Gasteiger charge is -2.47. The van der Waals surface area contributed by atoms with Crippen molar-refractivity contribution in [3.63, 3.8) is 0 Å². The fourth-order valence-corrected chi connectivity index (χ4v) is 4.69. The third-order valence-electron chi connectivity index (χ3n) is 6.99.